The molecule has 1 aliphatic heterocycles. The molecule has 0 aliphatic carbocycles. The molecule has 1 amide bonds. The number of alkyl halides is 4. The topological polar surface area (TPSA) is 53.4 Å². The monoisotopic (exact) mass is 354 g/mol. The molecule has 0 saturated heterocycles. The Hall–Kier alpha value is -2.48. The molecule has 132 valence electrons. The first-order valence-corrected chi connectivity index (χ1v) is 7.47. The van der Waals surface area contributed by atoms with Gasteiger partial charge in [0.2, 0.25) is 0 Å². The van der Waals surface area contributed by atoms with Gasteiger partial charge in [-0.2, -0.15) is 8.78 Å². The molecular weight excluding hydrogens is 340 g/mol. The standard InChI is InChI=1S/C17H14F4N2O2/c1-9(24)12-3-2-4-13-14(12)17(20,21)16(25)23(13)8-11-7-10(15(18)19)5-6-22-11/h2-7,9,15,24H,8H2,1H3/t9-/m0/s1. The number of carbonyl (C=O) groups excluding carboxylic acids is 1. The second-order valence-electron chi connectivity index (χ2n) is 5.76. The van der Waals surface area contributed by atoms with Crippen molar-refractivity contribution in [3.63, 3.8) is 0 Å². The Morgan fingerprint density at radius 3 is 2.64 bits per heavy atom. The van der Waals surface area contributed by atoms with Gasteiger partial charge < -0.3 is 10.0 Å². The van der Waals surface area contributed by atoms with E-state index in [-0.39, 0.29) is 29.1 Å². The van der Waals surface area contributed by atoms with Crippen molar-refractivity contribution >= 4 is 11.6 Å². The zero-order chi connectivity index (χ0) is 18.4. The van der Waals surface area contributed by atoms with E-state index in [1.807, 2.05) is 0 Å². The molecule has 0 saturated carbocycles. The minimum absolute atomic E-state index is 0.0485. The summed E-state index contributed by atoms with van der Waals surface area (Å²) in [5, 5.41) is 9.72. The summed E-state index contributed by atoms with van der Waals surface area (Å²) in [5.74, 6) is -5.27. The van der Waals surface area contributed by atoms with Crippen molar-refractivity contribution in [2.24, 2.45) is 0 Å². The highest BCUT2D eigenvalue weighted by atomic mass is 19.3. The third-order valence-corrected chi connectivity index (χ3v) is 4.06. The van der Waals surface area contributed by atoms with Crippen molar-refractivity contribution in [2.45, 2.75) is 31.9 Å². The Kier molecular flexibility index (Phi) is 4.24. The third-order valence-electron chi connectivity index (χ3n) is 4.06. The van der Waals surface area contributed by atoms with Crippen LogP contribution in [0.25, 0.3) is 0 Å². The molecule has 3 rings (SSSR count). The lowest BCUT2D eigenvalue weighted by atomic mass is 9.98. The van der Waals surface area contributed by atoms with Crippen LogP contribution in [-0.4, -0.2) is 16.0 Å². The Balaban J connectivity index is 2.04. The SMILES string of the molecule is C[C@H](O)c1cccc2c1C(F)(F)C(=O)N2Cc1cc(C(F)F)ccn1. The smallest absolute Gasteiger partial charge is 0.352 e. The second-order valence-corrected chi connectivity index (χ2v) is 5.76. The van der Waals surface area contributed by atoms with Crippen LogP contribution < -0.4 is 4.90 Å². The molecule has 0 unspecified atom stereocenters. The van der Waals surface area contributed by atoms with Gasteiger partial charge in [0.1, 0.15) is 0 Å². The molecule has 4 nitrogen and oxygen atoms in total. The van der Waals surface area contributed by atoms with E-state index >= 15 is 0 Å². The van der Waals surface area contributed by atoms with E-state index < -0.39 is 29.9 Å². The Bertz CT molecular complexity index is 824. The van der Waals surface area contributed by atoms with Gasteiger partial charge in [0, 0.05) is 11.8 Å². The van der Waals surface area contributed by atoms with Gasteiger partial charge in [-0.05, 0) is 30.7 Å². The van der Waals surface area contributed by atoms with Crippen molar-refractivity contribution in [3.05, 3.63) is 58.9 Å². The number of anilines is 1. The molecule has 0 radical (unpaired) electrons. The van der Waals surface area contributed by atoms with E-state index in [0.29, 0.717) is 0 Å². The highest BCUT2D eigenvalue weighted by Crippen LogP contribution is 2.47. The first-order chi connectivity index (χ1) is 11.7. The molecule has 1 aromatic heterocycles. The van der Waals surface area contributed by atoms with Crippen LogP contribution in [0.15, 0.2) is 36.5 Å². The fraction of sp³-hybridized carbons (Fsp3) is 0.294. The van der Waals surface area contributed by atoms with Gasteiger partial charge in [-0.3, -0.25) is 9.78 Å². The van der Waals surface area contributed by atoms with Gasteiger partial charge in [0.15, 0.2) is 0 Å². The van der Waals surface area contributed by atoms with Gasteiger partial charge in [-0.15, -0.1) is 0 Å². The van der Waals surface area contributed by atoms with Crippen LogP contribution in [0, 0.1) is 0 Å². The van der Waals surface area contributed by atoms with Gasteiger partial charge in [0.05, 0.1) is 29.6 Å². The summed E-state index contributed by atoms with van der Waals surface area (Å²) in [5.41, 5.74) is -0.899. The number of rotatable bonds is 4. The van der Waals surface area contributed by atoms with E-state index in [1.165, 1.54) is 25.1 Å². The zero-order valence-electron chi connectivity index (χ0n) is 13.1. The number of aliphatic hydroxyl groups is 1. The lowest BCUT2D eigenvalue weighted by molar-refractivity contribution is -0.141. The Morgan fingerprint density at radius 1 is 1.28 bits per heavy atom. The van der Waals surface area contributed by atoms with E-state index in [0.717, 1.165) is 23.2 Å². The van der Waals surface area contributed by atoms with Crippen LogP contribution >= 0.6 is 0 Å². The quantitative estimate of drug-likeness (QED) is 0.852. The number of hydrogen-bond acceptors (Lipinski definition) is 3. The lowest BCUT2D eigenvalue weighted by Crippen LogP contribution is -2.34. The molecule has 1 atom stereocenters. The fourth-order valence-electron chi connectivity index (χ4n) is 2.90. The van der Waals surface area contributed by atoms with Crippen molar-refractivity contribution in [2.75, 3.05) is 4.90 Å². The van der Waals surface area contributed by atoms with Gasteiger partial charge >= 0.3 is 11.8 Å². The maximum atomic E-state index is 14.5. The molecule has 0 spiro atoms. The first kappa shape index (κ1) is 17.3. The molecule has 1 N–H and O–H groups in total. The number of aromatic nitrogens is 1. The molecule has 0 bridgehead atoms. The molecule has 1 aliphatic rings. The van der Waals surface area contributed by atoms with Gasteiger partial charge in [0.25, 0.3) is 6.43 Å². The van der Waals surface area contributed by atoms with Crippen LogP contribution in [0.3, 0.4) is 0 Å². The predicted molar refractivity (Wildman–Crippen MR) is 81.4 cm³/mol. The van der Waals surface area contributed by atoms with Crippen LogP contribution in [0.5, 0.6) is 0 Å². The Morgan fingerprint density at radius 2 is 2.00 bits per heavy atom. The number of benzene rings is 1. The molecule has 25 heavy (non-hydrogen) atoms. The van der Waals surface area contributed by atoms with Crippen molar-refractivity contribution in [3.8, 4) is 0 Å². The second kappa shape index (κ2) is 6.11. The predicted octanol–water partition coefficient (Wildman–Crippen LogP) is 3.71. The molecular formula is C17H14F4N2O2. The van der Waals surface area contributed by atoms with Crippen molar-refractivity contribution < 1.29 is 27.5 Å². The number of amides is 1. The number of carbonyl (C=O) groups is 1. The molecule has 8 heteroatoms. The number of hydrogen-bond donors (Lipinski definition) is 1. The number of pyridine rings is 1. The van der Waals surface area contributed by atoms with Crippen LogP contribution in [0.4, 0.5) is 23.2 Å². The van der Waals surface area contributed by atoms with E-state index in [4.69, 9.17) is 0 Å². The molecule has 2 aromatic rings. The highest BCUT2D eigenvalue weighted by molar-refractivity contribution is 6.06. The summed E-state index contributed by atoms with van der Waals surface area (Å²) < 4.78 is 54.5. The van der Waals surface area contributed by atoms with E-state index in [1.54, 1.807) is 0 Å². The van der Waals surface area contributed by atoms with Crippen molar-refractivity contribution in [1.29, 1.82) is 0 Å². The summed E-state index contributed by atoms with van der Waals surface area (Å²) >= 11 is 0. The van der Waals surface area contributed by atoms with E-state index in [2.05, 4.69) is 4.98 Å². The molecule has 0 fully saturated rings. The van der Waals surface area contributed by atoms with Crippen LogP contribution in [0.1, 0.15) is 41.8 Å². The third kappa shape index (κ3) is 2.86. The Labute approximate surface area is 140 Å². The number of aliphatic hydroxyl groups excluding tert-OH is 1. The fourth-order valence-corrected chi connectivity index (χ4v) is 2.90. The maximum Gasteiger partial charge on any atom is 0.352 e. The van der Waals surface area contributed by atoms with Crippen LogP contribution in [-0.2, 0) is 17.3 Å². The van der Waals surface area contributed by atoms with Crippen molar-refractivity contribution in [1.82, 2.24) is 4.98 Å². The van der Waals surface area contributed by atoms with Gasteiger partial charge in [-0.25, -0.2) is 8.78 Å². The summed E-state index contributed by atoms with van der Waals surface area (Å²) in [6, 6.07) is 6.30. The highest BCUT2D eigenvalue weighted by Gasteiger charge is 2.54. The summed E-state index contributed by atoms with van der Waals surface area (Å²) in [7, 11) is 0. The summed E-state index contributed by atoms with van der Waals surface area (Å²) in [4.78, 5) is 16.9. The summed E-state index contributed by atoms with van der Waals surface area (Å²) in [6.45, 7) is 0.956. The maximum absolute atomic E-state index is 14.5. The number of halogens is 4. The largest absolute Gasteiger partial charge is 0.389 e. The summed E-state index contributed by atoms with van der Waals surface area (Å²) in [6.07, 6.45) is -2.77. The first-order valence-electron chi connectivity index (χ1n) is 7.47. The van der Waals surface area contributed by atoms with E-state index in [9.17, 15) is 27.5 Å². The molecule has 2 heterocycles. The lowest BCUT2D eigenvalue weighted by Gasteiger charge is -2.17. The average molecular weight is 354 g/mol. The number of nitrogens with zero attached hydrogens (tertiary/aromatic N) is 2. The normalized spacial score (nSPS) is 17.1. The zero-order valence-corrected chi connectivity index (χ0v) is 13.1. The molecule has 1 aromatic carbocycles. The van der Waals surface area contributed by atoms with Gasteiger partial charge in [-0.1, -0.05) is 12.1 Å². The minimum atomic E-state index is -3.80. The van der Waals surface area contributed by atoms with Crippen LogP contribution in [0.2, 0.25) is 0 Å². The average Bonchev–Trinajstić information content (AvgIpc) is 2.76. The minimum Gasteiger partial charge on any atom is -0.389 e. The number of fused-ring (bicyclic) bond motifs is 1.